The predicted molar refractivity (Wildman–Crippen MR) is 80.1 cm³/mol. The van der Waals surface area contributed by atoms with E-state index in [9.17, 15) is 10.1 Å². The van der Waals surface area contributed by atoms with E-state index in [1.165, 1.54) is 12.1 Å². The van der Waals surface area contributed by atoms with Crippen LogP contribution in [0.5, 0.6) is 0 Å². The molecule has 0 aliphatic carbocycles. The molecule has 104 valence electrons. The first-order chi connectivity index (χ1) is 9.60. The van der Waals surface area contributed by atoms with Crippen LogP contribution in [0.2, 0.25) is 5.02 Å². The van der Waals surface area contributed by atoms with Gasteiger partial charge >= 0.3 is 0 Å². The standard InChI is InChI=1S/C15H15ClN2O2/c1-17-15(12-4-6-13(16)7-5-12)10-11-2-8-14(9-3-11)18(19)20/h2-9,15,17H,10H2,1H3. The molecule has 0 spiro atoms. The summed E-state index contributed by atoms with van der Waals surface area (Å²) in [5.41, 5.74) is 2.29. The first-order valence-electron chi connectivity index (χ1n) is 6.26. The number of benzene rings is 2. The zero-order chi connectivity index (χ0) is 14.5. The van der Waals surface area contributed by atoms with E-state index in [4.69, 9.17) is 11.6 Å². The minimum atomic E-state index is -0.390. The smallest absolute Gasteiger partial charge is 0.269 e. The van der Waals surface area contributed by atoms with Crippen LogP contribution in [-0.4, -0.2) is 12.0 Å². The van der Waals surface area contributed by atoms with Crippen molar-refractivity contribution in [3.05, 3.63) is 74.8 Å². The van der Waals surface area contributed by atoms with Crippen molar-refractivity contribution in [1.82, 2.24) is 5.32 Å². The minimum absolute atomic E-state index is 0.112. The molecule has 5 heteroatoms. The van der Waals surface area contributed by atoms with E-state index < -0.39 is 4.92 Å². The summed E-state index contributed by atoms with van der Waals surface area (Å²) in [6.45, 7) is 0. The highest BCUT2D eigenvalue weighted by Gasteiger charge is 2.11. The number of likely N-dealkylation sites (N-methyl/N-ethyl adjacent to an activating group) is 1. The number of hydrogen-bond acceptors (Lipinski definition) is 3. The Morgan fingerprint density at radius 3 is 2.25 bits per heavy atom. The molecule has 0 radical (unpaired) electrons. The molecule has 0 aliphatic heterocycles. The summed E-state index contributed by atoms with van der Waals surface area (Å²) in [5, 5.41) is 14.6. The number of nitrogens with one attached hydrogen (secondary N) is 1. The Hall–Kier alpha value is -1.91. The Bertz CT molecular complexity index is 582. The largest absolute Gasteiger partial charge is 0.313 e. The molecule has 0 bridgehead atoms. The number of nitro groups is 1. The van der Waals surface area contributed by atoms with Crippen LogP contribution in [-0.2, 0) is 6.42 Å². The molecule has 2 aromatic carbocycles. The van der Waals surface area contributed by atoms with Crippen LogP contribution in [0.25, 0.3) is 0 Å². The topological polar surface area (TPSA) is 55.2 Å². The second-order valence-corrected chi connectivity index (χ2v) is 4.96. The van der Waals surface area contributed by atoms with Crippen molar-refractivity contribution in [3.63, 3.8) is 0 Å². The molecule has 0 amide bonds. The zero-order valence-electron chi connectivity index (χ0n) is 11.0. The maximum absolute atomic E-state index is 10.6. The van der Waals surface area contributed by atoms with Crippen molar-refractivity contribution in [1.29, 1.82) is 0 Å². The van der Waals surface area contributed by atoms with Gasteiger partial charge in [-0.25, -0.2) is 0 Å². The molecule has 20 heavy (non-hydrogen) atoms. The first-order valence-corrected chi connectivity index (χ1v) is 6.64. The maximum atomic E-state index is 10.6. The van der Waals surface area contributed by atoms with Gasteiger partial charge in [0, 0.05) is 23.2 Å². The number of nitrogens with zero attached hydrogens (tertiary/aromatic N) is 1. The molecular weight excluding hydrogens is 276 g/mol. The quantitative estimate of drug-likeness (QED) is 0.674. The third-order valence-electron chi connectivity index (χ3n) is 3.21. The summed E-state index contributed by atoms with van der Waals surface area (Å²) < 4.78 is 0. The van der Waals surface area contributed by atoms with Gasteiger partial charge in [-0.3, -0.25) is 10.1 Å². The van der Waals surface area contributed by atoms with E-state index in [1.54, 1.807) is 12.1 Å². The van der Waals surface area contributed by atoms with Gasteiger partial charge in [0.25, 0.3) is 5.69 Å². The van der Waals surface area contributed by atoms with E-state index in [1.807, 2.05) is 31.3 Å². The molecule has 0 fully saturated rings. The third kappa shape index (κ3) is 3.56. The molecule has 2 rings (SSSR count). The van der Waals surface area contributed by atoms with Gasteiger partial charge in [-0.15, -0.1) is 0 Å². The van der Waals surface area contributed by atoms with Crippen molar-refractivity contribution in [2.75, 3.05) is 7.05 Å². The molecule has 1 N–H and O–H groups in total. The van der Waals surface area contributed by atoms with E-state index in [0.29, 0.717) is 5.02 Å². The van der Waals surface area contributed by atoms with E-state index in [0.717, 1.165) is 17.5 Å². The molecule has 4 nitrogen and oxygen atoms in total. The normalized spacial score (nSPS) is 12.1. The Balaban J connectivity index is 2.13. The second-order valence-electron chi connectivity index (χ2n) is 4.52. The SMILES string of the molecule is CNC(Cc1ccc([N+](=O)[O-])cc1)c1ccc(Cl)cc1. The highest BCUT2D eigenvalue weighted by molar-refractivity contribution is 6.30. The van der Waals surface area contributed by atoms with E-state index in [-0.39, 0.29) is 11.7 Å². The Morgan fingerprint density at radius 1 is 1.15 bits per heavy atom. The molecular formula is C15H15ClN2O2. The van der Waals surface area contributed by atoms with Gasteiger partial charge in [-0.2, -0.15) is 0 Å². The Kier molecular flexibility index (Phi) is 4.71. The van der Waals surface area contributed by atoms with Crippen LogP contribution < -0.4 is 5.32 Å². The van der Waals surface area contributed by atoms with Gasteiger partial charge < -0.3 is 5.32 Å². The van der Waals surface area contributed by atoms with Gasteiger partial charge in [0.05, 0.1) is 4.92 Å². The average molecular weight is 291 g/mol. The lowest BCUT2D eigenvalue weighted by Gasteiger charge is -2.16. The average Bonchev–Trinajstić information content (AvgIpc) is 2.46. The summed E-state index contributed by atoms with van der Waals surface area (Å²) in [4.78, 5) is 10.2. The molecule has 0 saturated carbocycles. The monoisotopic (exact) mass is 290 g/mol. The minimum Gasteiger partial charge on any atom is -0.313 e. The molecule has 1 atom stereocenters. The Labute approximate surface area is 122 Å². The second kappa shape index (κ2) is 6.50. The van der Waals surface area contributed by atoms with Crippen molar-refractivity contribution in [2.24, 2.45) is 0 Å². The van der Waals surface area contributed by atoms with Crippen LogP contribution >= 0.6 is 11.6 Å². The highest BCUT2D eigenvalue weighted by Crippen LogP contribution is 2.21. The fraction of sp³-hybridized carbons (Fsp3) is 0.200. The van der Waals surface area contributed by atoms with E-state index in [2.05, 4.69) is 5.32 Å². The molecule has 0 aromatic heterocycles. The number of hydrogen-bond donors (Lipinski definition) is 1. The van der Waals surface area contributed by atoms with Gasteiger partial charge in [-0.1, -0.05) is 35.9 Å². The highest BCUT2D eigenvalue weighted by atomic mass is 35.5. The third-order valence-corrected chi connectivity index (χ3v) is 3.46. The van der Waals surface area contributed by atoms with Crippen LogP contribution in [0.1, 0.15) is 17.2 Å². The summed E-state index contributed by atoms with van der Waals surface area (Å²) in [6.07, 6.45) is 0.760. The lowest BCUT2D eigenvalue weighted by Crippen LogP contribution is -2.18. The van der Waals surface area contributed by atoms with Crippen molar-refractivity contribution in [3.8, 4) is 0 Å². The van der Waals surface area contributed by atoms with Crippen molar-refractivity contribution in [2.45, 2.75) is 12.5 Å². The lowest BCUT2D eigenvalue weighted by molar-refractivity contribution is -0.384. The summed E-state index contributed by atoms with van der Waals surface area (Å²) in [7, 11) is 1.89. The van der Waals surface area contributed by atoms with Gasteiger partial charge in [0.1, 0.15) is 0 Å². The molecule has 2 aromatic rings. The van der Waals surface area contributed by atoms with Crippen molar-refractivity contribution < 1.29 is 4.92 Å². The number of rotatable bonds is 5. The molecule has 0 aliphatic rings. The first kappa shape index (κ1) is 14.5. The van der Waals surface area contributed by atoms with E-state index >= 15 is 0 Å². The van der Waals surface area contributed by atoms with Crippen LogP contribution in [0, 0.1) is 10.1 Å². The summed E-state index contributed by atoms with van der Waals surface area (Å²) in [5.74, 6) is 0. The number of non-ortho nitro benzene ring substituents is 1. The number of nitro benzene ring substituents is 1. The summed E-state index contributed by atoms with van der Waals surface area (Å²) in [6, 6.07) is 14.5. The van der Waals surface area contributed by atoms with Crippen LogP contribution in [0.15, 0.2) is 48.5 Å². The fourth-order valence-electron chi connectivity index (χ4n) is 2.07. The molecule has 1 unspecified atom stereocenters. The van der Waals surface area contributed by atoms with Crippen LogP contribution in [0.4, 0.5) is 5.69 Å². The fourth-order valence-corrected chi connectivity index (χ4v) is 2.20. The zero-order valence-corrected chi connectivity index (χ0v) is 11.8. The maximum Gasteiger partial charge on any atom is 0.269 e. The summed E-state index contributed by atoms with van der Waals surface area (Å²) >= 11 is 5.88. The lowest BCUT2D eigenvalue weighted by atomic mass is 9.99. The molecule has 0 saturated heterocycles. The Morgan fingerprint density at radius 2 is 1.75 bits per heavy atom. The van der Waals surface area contributed by atoms with Gasteiger partial charge in [-0.05, 0) is 36.7 Å². The predicted octanol–water partition coefficient (Wildman–Crippen LogP) is 3.75. The van der Waals surface area contributed by atoms with Gasteiger partial charge in [0.15, 0.2) is 0 Å². The number of halogens is 1. The molecule has 0 heterocycles. The van der Waals surface area contributed by atoms with Crippen molar-refractivity contribution >= 4 is 17.3 Å². The van der Waals surface area contributed by atoms with Gasteiger partial charge in [0.2, 0.25) is 0 Å². The van der Waals surface area contributed by atoms with Crippen LogP contribution in [0.3, 0.4) is 0 Å².